The fraction of sp³-hybridized carbons (Fsp3) is 0.600. The van der Waals surface area contributed by atoms with Crippen molar-refractivity contribution in [3.8, 4) is 0 Å². The van der Waals surface area contributed by atoms with Crippen molar-refractivity contribution >= 4 is 34.9 Å². The lowest BCUT2D eigenvalue weighted by molar-refractivity contribution is -0.138. The number of amides is 2. The zero-order chi connectivity index (χ0) is 14.7. The molecule has 1 aromatic rings. The van der Waals surface area contributed by atoms with Crippen LogP contribution in [-0.4, -0.2) is 40.9 Å². The lowest BCUT2D eigenvalue weighted by atomic mass is 10.1. The molecule has 4 nitrogen and oxygen atoms in total. The molecule has 1 saturated heterocycles. The molecule has 2 amide bonds. The van der Waals surface area contributed by atoms with Gasteiger partial charge in [-0.2, -0.15) is 11.3 Å². The highest BCUT2D eigenvalue weighted by molar-refractivity contribution is 7.99. The third kappa shape index (κ3) is 4.01. The fourth-order valence-electron chi connectivity index (χ4n) is 2.42. The fourth-order valence-corrected chi connectivity index (χ4v) is 4.30. The predicted molar refractivity (Wildman–Crippen MR) is 86.3 cm³/mol. The van der Waals surface area contributed by atoms with E-state index >= 15 is 0 Å². The second-order valence-electron chi connectivity index (χ2n) is 5.70. The summed E-state index contributed by atoms with van der Waals surface area (Å²) in [6.07, 6.45) is 3.70. The van der Waals surface area contributed by atoms with Gasteiger partial charge in [0.05, 0.1) is 5.88 Å². The van der Waals surface area contributed by atoms with E-state index in [1.54, 1.807) is 28.0 Å². The molecule has 6 heteroatoms. The zero-order valence-electron chi connectivity index (χ0n) is 11.9. The number of hydrogen-bond donors (Lipinski definition) is 1. The van der Waals surface area contributed by atoms with Crippen molar-refractivity contribution in [1.82, 2.24) is 10.2 Å². The first kappa shape index (κ1) is 14.9. The number of carbonyl (C=O) groups is 2. The Hall–Kier alpha value is -1.01. The smallest absolute Gasteiger partial charge is 0.243 e. The average molecular weight is 324 g/mol. The van der Waals surface area contributed by atoms with Crippen molar-refractivity contribution in [1.29, 1.82) is 0 Å². The molecule has 21 heavy (non-hydrogen) atoms. The number of nitrogens with zero attached hydrogens (tertiary/aromatic N) is 1. The van der Waals surface area contributed by atoms with E-state index in [4.69, 9.17) is 0 Å². The third-order valence-corrected chi connectivity index (χ3v) is 5.72. The van der Waals surface area contributed by atoms with Crippen LogP contribution in [0.4, 0.5) is 0 Å². The van der Waals surface area contributed by atoms with Crippen LogP contribution in [0.15, 0.2) is 16.8 Å². The first-order valence-corrected chi connectivity index (χ1v) is 9.50. The van der Waals surface area contributed by atoms with Crippen molar-refractivity contribution in [2.45, 2.75) is 31.7 Å². The lowest BCUT2D eigenvalue weighted by Crippen LogP contribution is -2.47. The molecule has 2 aliphatic rings. The zero-order valence-corrected chi connectivity index (χ0v) is 13.5. The minimum absolute atomic E-state index is 0.0239. The molecule has 0 aromatic carbocycles. The number of thioether (sulfide) groups is 1. The van der Waals surface area contributed by atoms with Crippen molar-refractivity contribution in [2.24, 2.45) is 5.92 Å². The number of nitrogens with one attached hydrogen (secondary N) is 1. The van der Waals surface area contributed by atoms with Crippen molar-refractivity contribution in [3.63, 3.8) is 0 Å². The van der Waals surface area contributed by atoms with Gasteiger partial charge >= 0.3 is 0 Å². The molecular weight excluding hydrogens is 304 g/mol. The van der Waals surface area contributed by atoms with Gasteiger partial charge < -0.3 is 10.2 Å². The van der Waals surface area contributed by atoms with E-state index in [0.29, 0.717) is 18.2 Å². The normalized spacial score (nSPS) is 21.5. The monoisotopic (exact) mass is 324 g/mol. The molecule has 1 unspecified atom stereocenters. The molecular formula is C15H20N2O2S2. The van der Waals surface area contributed by atoms with Gasteiger partial charge in [0.1, 0.15) is 6.04 Å². The van der Waals surface area contributed by atoms with Gasteiger partial charge in [-0.15, -0.1) is 11.8 Å². The van der Waals surface area contributed by atoms with E-state index < -0.39 is 0 Å². The standard InChI is InChI=1S/C15H20N2O2S2/c18-14(4-3-12-5-6-20-8-12)17-10-21-9-13(17)15(19)16-7-11-1-2-11/h5-6,8,11,13H,1-4,7,9-10H2,(H,16,19). The summed E-state index contributed by atoms with van der Waals surface area (Å²) in [7, 11) is 0. The van der Waals surface area contributed by atoms with Gasteiger partial charge in [0.25, 0.3) is 0 Å². The van der Waals surface area contributed by atoms with Gasteiger partial charge in [-0.3, -0.25) is 9.59 Å². The minimum atomic E-state index is -0.274. The molecule has 2 heterocycles. The Kier molecular flexibility index (Phi) is 4.85. The molecule has 0 radical (unpaired) electrons. The van der Waals surface area contributed by atoms with Crippen molar-refractivity contribution in [3.05, 3.63) is 22.4 Å². The Morgan fingerprint density at radius 2 is 2.24 bits per heavy atom. The van der Waals surface area contributed by atoms with E-state index in [2.05, 4.69) is 16.8 Å². The second kappa shape index (κ2) is 6.83. The summed E-state index contributed by atoms with van der Waals surface area (Å²) in [5.74, 6) is 2.16. The highest BCUT2D eigenvalue weighted by atomic mass is 32.2. The Balaban J connectivity index is 1.49. The molecule has 0 spiro atoms. The summed E-state index contributed by atoms with van der Waals surface area (Å²) in [5, 5.41) is 7.10. The number of aryl methyl sites for hydroxylation is 1. The SMILES string of the molecule is O=C(NCC1CC1)C1CSCN1C(=O)CCc1ccsc1. The van der Waals surface area contributed by atoms with E-state index in [1.807, 2.05) is 5.38 Å². The number of hydrogen-bond acceptors (Lipinski definition) is 4. The van der Waals surface area contributed by atoms with Crippen LogP contribution >= 0.6 is 23.1 Å². The van der Waals surface area contributed by atoms with Crippen LogP contribution in [0.5, 0.6) is 0 Å². The number of thiophene rings is 1. The van der Waals surface area contributed by atoms with Gasteiger partial charge in [0, 0.05) is 18.7 Å². The maximum Gasteiger partial charge on any atom is 0.243 e. The summed E-state index contributed by atoms with van der Waals surface area (Å²) in [6.45, 7) is 0.775. The van der Waals surface area contributed by atoms with Crippen LogP contribution in [0, 0.1) is 5.92 Å². The predicted octanol–water partition coefficient (Wildman–Crippen LogP) is 2.11. The van der Waals surface area contributed by atoms with Crippen LogP contribution in [0.1, 0.15) is 24.8 Å². The molecule has 1 aliphatic heterocycles. The Bertz CT molecular complexity index is 500. The van der Waals surface area contributed by atoms with Crippen LogP contribution in [0.2, 0.25) is 0 Å². The highest BCUT2D eigenvalue weighted by Gasteiger charge is 2.34. The maximum absolute atomic E-state index is 12.3. The molecule has 1 aromatic heterocycles. The summed E-state index contributed by atoms with van der Waals surface area (Å²) in [6, 6.07) is 1.78. The van der Waals surface area contributed by atoms with Crippen LogP contribution in [-0.2, 0) is 16.0 Å². The molecule has 114 valence electrons. The number of carbonyl (C=O) groups excluding carboxylic acids is 2. The largest absolute Gasteiger partial charge is 0.354 e. The topological polar surface area (TPSA) is 49.4 Å². The third-order valence-electron chi connectivity index (χ3n) is 3.97. The average Bonchev–Trinajstić information content (AvgIpc) is 2.98. The van der Waals surface area contributed by atoms with E-state index in [9.17, 15) is 9.59 Å². The van der Waals surface area contributed by atoms with E-state index in [0.717, 1.165) is 18.7 Å². The molecule has 1 N–H and O–H groups in total. The van der Waals surface area contributed by atoms with Crippen LogP contribution < -0.4 is 5.32 Å². The Labute approximate surface area is 133 Å². The molecule has 1 aliphatic carbocycles. The van der Waals surface area contributed by atoms with Crippen LogP contribution in [0.3, 0.4) is 0 Å². The molecule has 0 bridgehead atoms. The van der Waals surface area contributed by atoms with E-state index in [-0.39, 0.29) is 17.9 Å². The van der Waals surface area contributed by atoms with Crippen molar-refractivity contribution in [2.75, 3.05) is 18.2 Å². The lowest BCUT2D eigenvalue weighted by Gasteiger charge is -2.23. The second-order valence-corrected chi connectivity index (χ2v) is 7.48. The summed E-state index contributed by atoms with van der Waals surface area (Å²) >= 11 is 3.32. The van der Waals surface area contributed by atoms with Gasteiger partial charge in [0.2, 0.25) is 11.8 Å². The first-order chi connectivity index (χ1) is 10.2. The molecule has 2 fully saturated rings. The van der Waals surface area contributed by atoms with Gasteiger partial charge in [-0.1, -0.05) is 0 Å². The number of rotatable bonds is 6. The molecule has 1 atom stereocenters. The Morgan fingerprint density at radius 3 is 2.95 bits per heavy atom. The minimum Gasteiger partial charge on any atom is -0.354 e. The molecule has 3 rings (SSSR count). The quantitative estimate of drug-likeness (QED) is 0.872. The highest BCUT2D eigenvalue weighted by Crippen LogP contribution is 2.28. The van der Waals surface area contributed by atoms with Crippen molar-refractivity contribution < 1.29 is 9.59 Å². The van der Waals surface area contributed by atoms with Gasteiger partial charge in [-0.25, -0.2) is 0 Å². The van der Waals surface area contributed by atoms with Gasteiger partial charge in [0.15, 0.2) is 0 Å². The molecule has 1 saturated carbocycles. The first-order valence-electron chi connectivity index (χ1n) is 7.40. The Morgan fingerprint density at radius 1 is 1.38 bits per heavy atom. The maximum atomic E-state index is 12.3. The van der Waals surface area contributed by atoms with Crippen LogP contribution in [0.25, 0.3) is 0 Å². The summed E-state index contributed by atoms with van der Waals surface area (Å²) in [5.41, 5.74) is 1.20. The van der Waals surface area contributed by atoms with E-state index in [1.165, 1.54) is 18.4 Å². The summed E-state index contributed by atoms with van der Waals surface area (Å²) in [4.78, 5) is 26.3. The van der Waals surface area contributed by atoms with Gasteiger partial charge in [-0.05, 0) is 47.6 Å². The summed E-state index contributed by atoms with van der Waals surface area (Å²) < 4.78 is 0.